The lowest BCUT2D eigenvalue weighted by Crippen LogP contribution is -2.30. The van der Waals surface area contributed by atoms with E-state index in [1.165, 1.54) is 53.3 Å². The summed E-state index contributed by atoms with van der Waals surface area (Å²) in [5.41, 5.74) is 4.25. The molecule has 0 radical (unpaired) electrons. The first kappa shape index (κ1) is 13.1. The third-order valence-electron chi connectivity index (χ3n) is 3.83. The summed E-state index contributed by atoms with van der Waals surface area (Å²) in [7, 11) is 0. The zero-order valence-corrected chi connectivity index (χ0v) is 12.4. The molecule has 2 rings (SSSR count). The van der Waals surface area contributed by atoms with Crippen molar-refractivity contribution in [1.82, 2.24) is 5.32 Å². The van der Waals surface area contributed by atoms with Gasteiger partial charge in [-0.15, -0.1) is 0 Å². The number of nitrogens with one attached hydrogen (secondary N) is 1. The standard InChI is InChI=1S/C15H22BrN/c1-11-8-13(16)9-12(2)15(11)10-17-14-6-4-3-5-7-14/h8-9,14,17H,3-7,10H2,1-2H3. The minimum Gasteiger partial charge on any atom is -0.310 e. The molecule has 1 fully saturated rings. The van der Waals surface area contributed by atoms with E-state index >= 15 is 0 Å². The summed E-state index contributed by atoms with van der Waals surface area (Å²) in [5.74, 6) is 0. The Bertz CT molecular complexity index is 358. The highest BCUT2D eigenvalue weighted by Gasteiger charge is 2.13. The van der Waals surface area contributed by atoms with E-state index in [9.17, 15) is 0 Å². The van der Waals surface area contributed by atoms with E-state index in [2.05, 4.69) is 47.2 Å². The maximum atomic E-state index is 3.72. The van der Waals surface area contributed by atoms with Gasteiger partial charge in [0.25, 0.3) is 0 Å². The molecule has 17 heavy (non-hydrogen) atoms. The summed E-state index contributed by atoms with van der Waals surface area (Å²) < 4.78 is 1.19. The molecule has 0 aromatic heterocycles. The molecular formula is C15H22BrN. The molecule has 1 aliphatic rings. The number of hydrogen-bond acceptors (Lipinski definition) is 1. The first-order valence-electron chi connectivity index (χ1n) is 6.66. The molecule has 0 amide bonds. The number of benzene rings is 1. The fourth-order valence-electron chi connectivity index (χ4n) is 2.77. The zero-order valence-electron chi connectivity index (χ0n) is 10.9. The van der Waals surface area contributed by atoms with E-state index in [1.54, 1.807) is 0 Å². The fraction of sp³-hybridized carbons (Fsp3) is 0.600. The first-order valence-corrected chi connectivity index (χ1v) is 7.45. The van der Waals surface area contributed by atoms with Gasteiger partial charge in [-0.3, -0.25) is 0 Å². The Labute approximate surface area is 113 Å². The molecule has 1 N–H and O–H groups in total. The van der Waals surface area contributed by atoms with Crippen LogP contribution in [0.5, 0.6) is 0 Å². The van der Waals surface area contributed by atoms with Crippen LogP contribution in [-0.4, -0.2) is 6.04 Å². The summed E-state index contributed by atoms with van der Waals surface area (Å²) in [4.78, 5) is 0. The highest BCUT2D eigenvalue weighted by molar-refractivity contribution is 9.10. The number of rotatable bonds is 3. The third kappa shape index (κ3) is 3.56. The third-order valence-corrected chi connectivity index (χ3v) is 4.29. The van der Waals surface area contributed by atoms with E-state index in [4.69, 9.17) is 0 Å². The largest absolute Gasteiger partial charge is 0.310 e. The molecular weight excluding hydrogens is 274 g/mol. The Kier molecular flexibility index (Phi) is 4.63. The van der Waals surface area contributed by atoms with E-state index in [0.717, 1.165) is 12.6 Å². The van der Waals surface area contributed by atoms with Crippen molar-refractivity contribution < 1.29 is 0 Å². The topological polar surface area (TPSA) is 12.0 Å². The number of hydrogen-bond donors (Lipinski definition) is 1. The lowest BCUT2D eigenvalue weighted by molar-refractivity contribution is 0.372. The van der Waals surface area contributed by atoms with Gasteiger partial charge in [0.2, 0.25) is 0 Å². The molecule has 1 aliphatic carbocycles. The predicted octanol–water partition coefficient (Wildman–Crippen LogP) is 4.49. The normalized spacial score (nSPS) is 17.4. The second kappa shape index (κ2) is 6.01. The smallest absolute Gasteiger partial charge is 0.0213 e. The Morgan fingerprint density at radius 1 is 1.12 bits per heavy atom. The van der Waals surface area contributed by atoms with Crippen LogP contribution in [0.3, 0.4) is 0 Å². The maximum absolute atomic E-state index is 3.72. The van der Waals surface area contributed by atoms with E-state index in [1.807, 2.05) is 0 Å². The molecule has 94 valence electrons. The van der Waals surface area contributed by atoms with Crippen LogP contribution in [0.25, 0.3) is 0 Å². The fourth-order valence-corrected chi connectivity index (χ4v) is 3.46. The molecule has 0 saturated heterocycles. The average molecular weight is 296 g/mol. The minimum absolute atomic E-state index is 0.742. The van der Waals surface area contributed by atoms with Gasteiger partial charge in [-0.2, -0.15) is 0 Å². The van der Waals surface area contributed by atoms with Crippen molar-refractivity contribution in [3.8, 4) is 0 Å². The number of halogens is 1. The van der Waals surface area contributed by atoms with Crippen molar-refractivity contribution in [1.29, 1.82) is 0 Å². The van der Waals surface area contributed by atoms with Crippen LogP contribution in [-0.2, 0) is 6.54 Å². The van der Waals surface area contributed by atoms with Gasteiger partial charge in [-0.1, -0.05) is 35.2 Å². The highest BCUT2D eigenvalue weighted by Crippen LogP contribution is 2.22. The van der Waals surface area contributed by atoms with Gasteiger partial charge in [0.05, 0.1) is 0 Å². The quantitative estimate of drug-likeness (QED) is 0.866. The molecule has 2 heteroatoms. The van der Waals surface area contributed by atoms with Gasteiger partial charge < -0.3 is 5.32 Å². The lowest BCUT2D eigenvalue weighted by Gasteiger charge is -2.24. The Morgan fingerprint density at radius 2 is 1.71 bits per heavy atom. The summed E-state index contributed by atoms with van der Waals surface area (Å²) in [6.45, 7) is 5.43. The van der Waals surface area contributed by atoms with Gasteiger partial charge in [-0.25, -0.2) is 0 Å². The van der Waals surface area contributed by atoms with E-state index < -0.39 is 0 Å². The second-order valence-corrected chi connectivity index (χ2v) is 6.15. The number of aryl methyl sites for hydroxylation is 2. The van der Waals surface area contributed by atoms with E-state index in [0.29, 0.717) is 0 Å². The molecule has 0 bridgehead atoms. The predicted molar refractivity (Wildman–Crippen MR) is 77.3 cm³/mol. The molecule has 1 nitrogen and oxygen atoms in total. The maximum Gasteiger partial charge on any atom is 0.0213 e. The van der Waals surface area contributed by atoms with Crippen LogP contribution >= 0.6 is 15.9 Å². The van der Waals surface area contributed by atoms with Crippen LogP contribution in [0.1, 0.15) is 48.8 Å². The lowest BCUT2D eigenvalue weighted by atomic mass is 9.95. The van der Waals surface area contributed by atoms with Gasteiger partial charge in [-0.05, 0) is 55.5 Å². The summed E-state index contributed by atoms with van der Waals surface area (Å²) >= 11 is 3.55. The van der Waals surface area contributed by atoms with Crippen molar-refractivity contribution in [2.45, 2.75) is 58.5 Å². The second-order valence-electron chi connectivity index (χ2n) is 5.23. The summed E-state index contributed by atoms with van der Waals surface area (Å²) in [6.07, 6.45) is 6.93. The van der Waals surface area contributed by atoms with Crippen LogP contribution in [0.15, 0.2) is 16.6 Å². The molecule has 1 aromatic carbocycles. The van der Waals surface area contributed by atoms with Gasteiger partial charge in [0.15, 0.2) is 0 Å². The van der Waals surface area contributed by atoms with Crippen LogP contribution in [0.4, 0.5) is 0 Å². The molecule has 1 saturated carbocycles. The Morgan fingerprint density at radius 3 is 2.29 bits per heavy atom. The molecule has 0 spiro atoms. The van der Waals surface area contributed by atoms with Crippen LogP contribution < -0.4 is 5.32 Å². The molecule has 0 heterocycles. The molecule has 0 aliphatic heterocycles. The minimum atomic E-state index is 0.742. The highest BCUT2D eigenvalue weighted by atomic mass is 79.9. The first-order chi connectivity index (χ1) is 8.16. The average Bonchev–Trinajstić information content (AvgIpc) is 2.29. The monoisotopic (exact) mass is 295 g/mol. The Balaban J connectivity index is 1.98. The van der Waals surface area contributed by atoms with Gasteiger partial charge >= 0.3 is 0 Å². The van der Waals surface area contributed by atoms with Gasteiger partial charge in [0, 0.05) is 17.1 Å². The van der Waals surface area contributed by atoms with Crippen LogP contribution in [0, 0.1) is 13.8 Å². The van der Waals surface area contributed by atoms with Crippen molar-refractivity contribution >= 4 is 15.9 Å². The van der Waals surface area contributed by atoms with Crippen molar-refractivity contribution in [2.75, 3.05) is 0 Å². The summed E-state index contributed by atoms with van der Waals surface area (Å²) in [5, 5.41) is 3.72. The Hall–Kier alpha value is -0.340. The molecule has 0 atom stereocenters. The summed E-state index contributed by atoms with van der Waals surface area (Å²) in [6, 6.07) is 5.17. The molecule has 0 unspecified atom stereocenters. The zero-order chi connectivity index (χ0) is 12.3. The van der Waals surface area contributed by atoms with Crippen molar-refractivity contribution in [3.05, 3.63) is 33.3 Å². The van der Waals surface area contributed by atoms with Crippen molar-refractivity contribution in [2.24, 2.45) is 0 Å². The van der Waals surface area contributed by atoms with Gasteiger partial charge in [0.1, 0.15) is 0 Å². The molecule has 1 aromatic rings. The SMILES string of the molecule is Cc1cc(Br)cc(C)c1CNC1CCCCC1. The van der Waals surface area contributed by atoms with Crippen LogP contribution in [0.2, 0.25) is 0 Å². The van der Waals surface area contributed by atoms with E-state index in [-0.39, 0.29) is 0 Å². The van der Waals surface area contributed by atoms with Crippen molar-refractivity contribution in [3.63, 3.8) is 0 Å².